The van der Waals surface area contributed by atoms with Crippen molar-refractivity contribution in [2.75, 3.05) is 11.1 Å². The summed E-state index contributed by atoms with van der Waals surface area (Å²) in [4.78, 5) is 22.7. The lowest BCUT2D eigenvalue weighted by Gasteiger charge is -2.08. The molecule has 1 N–H and O–H groups in total. The Morgan fingerprint density at radius 1 is 1.07 bits per heavy atom. The third kappa shape index (κ3) is 4.03. The summed E-state index contributed by atoms with van der Waals surface area (Å²) in [6.07, 6.45) is 0. The molecule has 0 unspecified atom stereocenters. The second-order valence-corrected chi connectivity index (χ2v) is 7.78. The van der Waals surface area contributed by atoms with Crippen LogP contribution in [0.3, 0.4) is 0 Å². The first-order valence-corrected chi connectivity index (χ1v) is 10.3. The van der Waals surface area contributed by atoms with E-state index in [-0.39, 0.29) is 11.7 Å². The average molecular weight is 403 g/mol. The molecule has 4 aromatic rings. The van der Waals surface area contributed by atoms with Crippen molar-refractivity contribution in [3.05, 3.63) is 71.6 Å². The number of thioether (sulfide) groups is 1. The monoisotopic (exact) mass is 402 g/mol. The fourth-order valence-corrected chi connectivity index (χ4v) is 4.11. The Bertz CT molecular complexity index is 1170. The Morgan fingerprint density at radius 3 is 2.64 bits per heavy atom. The number of nitrogens with one attached hydrogen (secondary N) is 1. The molecule has 28 heavy (non-hydrogen) atoms. The topological polar surface area (TPSA) is 78.7 Å². The summed E-state index contributed by atoms with van der Waals surface area (Å²) < 4.78 is 0. The van der Waals surface area contributed by atoms with Gasteiger partial charge in [0.05, 0.1) is 27.8 Å². The van der Waals surface area contributed by atoms with E-state index in [0.717, 1.165) is 20.8 Å². The minimum atomic E-state index is -0.130. The van der Waals surface area contributed by atoms with Gasteiger partial charge < -0.3 is 5.32 Å². The molecule has 0 aliphatic rings. The highest BCUT2D eigenvalue weighted by atomic mass is 32.2. The van der Waals surface area contributed by atoms with Gasteiger partial charge in [-0.05, 0) is 41.8 Å². The molecule has 0 saturated carbocycles. The van der Waals surface area contributed by atoms with Gasteiger partial charge in [0, 0.05) is 11.1 Å². The summed E-state index contributed by atoms with van der Waals surface area (Å²) in [6.45, 7) is 0. The van der Waals surface area contributed by atoms with Gasteiger partial charge in [-0.3, -0.25) is 4.79 Å². The maximum atomic E-state index is 12.4. The first-order valence-electron chi connectivity index (χ1n) is 8.46. The van der Waals surface area contributed by atoms with Crippen LogP contribution in [0.2, 0.25) is 0 Å². The fourth-order valence-electron chi connectivity index (χ4n) is 2.63. The second kappa shape index (κ2) is 8.21. The molecule has 1 amide bonds. The minimum Gasteiger partial charge on any atom is -0.325 e. The van der Waals surface area contributed by atoms with Gasteiger partial charge in [-0.1, -0.05) is 36.0 Å². The van der Waals surface area contributed by atoms with Crippen molar-refractivity contribution in [2.24, 2.45) is 0 Å². The first-order chi connectivity index (χ1) is 13.7. The molecule has 7 heteroatoms. The van der Waals surface area contributed by atoms with E-state index >= 15 is 0 Å². The lowest BCUT2D eigenvalue weighted by molar-refractivity contribution is -0.113. The van der Waals surface area contributed by atoms with Crippen molar-refractivity contribution in [3.8, 4) is 16.8 Å². The second-order valence-electron chi connectivity index (χ2n) is 5.87. The maximum absolute atomic E-state index is 12.4. The van der Waals surface area contributed by atoms with E-state index in [1.807, 2.05) is 41.8 Å². The van der Waals surface area contributed by atoms with Gasteiger partial charge in [-0.2, -0.15) is 5.26 Å². The van der Waals surface area contributed by atoms with Gasteiger partial charge in [0.2, 0.25) is 5.91 Å². The van der Waals surface area contributed by atoms with Crippen LogP contribution < -0.4 is 5.32 Å². The number of hydrogen-bond acceptors (Lipinski definition) is 6. The summed E-state index contributed by atoms with van der Waals surface area (Å²) in [5.41, 5.74) is 2.08. The van der Waals surface area contributed by atoms with Crippen LogP contribution in [-0.4, -0.2) is 21.6 Å². The number of carbonyl (C=O) groups is 1. The van der Waals surface area contributed by atoms with Crippen molar-refractivity contribution < 1.29 is 4.79 Å². The van der Waals surface area contributed by atoms with E-state index in [4.69, 9.17) is 10.2 Å². The standard InChI is InChI=1S/C21H14N4OS2/c22-12-14-7-9-15(10-8-14)23-19(26)13-28-21-16-4-1-2-5-17(16)24-20(25-21)18-6-3-11-27-18/h1-11H,13H2,(H,23,26). The van der Waals surface area contributed by atoms with Crippen LogP contribution in [0.15, 0.2) is 71.1 Å². The number of carbonyl (C=O) groups excluding carboxylic acids is 1. The summed E-state index contributed by atoms with van der Waals surface area (Å²) in [7, 11) is 0. The molecule has 0 bridgehead atoms. The molecule has 2 aromatic heterocycles. The first kappa shape index (κ1) is 18.2. The van der Waals surface area contributed by atoms with Crippen LogP contribution in [0.4, 0.5) is 5.69 Å². The third-order valence-corrected chi connectivity index (χ3v) is 5.80. The summed E-state index contributed by atoms with van der Waals surface area (Å²) in [5.74, 6) is 0.768. The average Bonchev–Trinajstić information content (AvgIpc) is 3.27. The fraction of sp³-hybridized carbons (Fsp3) is 0.0476. The van der Waals surface area contributed by atoms with Crippen LogP contribution in [0.5, 0.6) is 0 Å². The number of nitrogens with zero attached hydrogens (tertiary/aromatic N) is 3. The van der Waals surface area contributed by atoms with Crippen LogP contribution in [0, 0.1) is 11.3 Å². The summed E-state index contributed by atoms with van der Waals surface area (Å²) in [5, 5.41) is 15.4. The lowest BCUT2D eigenvalue weighted by Crippen LogP contribution is -2.14. The number of anilines is 1. The predicted molar refractivity (Wildman–Crippen MR) is 113 cm³/mol. The van der Waals surface area contributed by atoms with Crippen LogP contribution in [-0.2, 0) is 4.79 Å². The van der Waals surface area contributed by atoms with Gasteiger partial charge in [-0.15, -0.1) is 11.3 Å². The van der Waals surface area contributed by atoms with Crippen LogP contribution >= 0.6 is 23.1 Å². The molecule has 2 heterocycles. The number of rotatable bonds is 5. The summed E-state index contributed by atoms with van der Waals surface area (Å²) >= 11 is 2.97. The molecule has 0 aliphatic carbocycles. The minimum absolute atomic E-state index is 0.130. The quantitative estimate of drug-likeness (QED) is 0.377. The van der Waals surface area contributed by atoms with Gasteiger partial charge in [0.15, 0.2) is 5.82 Å². The maximum Gasteiger partial charge on any atom is 0.234 e. The zero-order valence-electron chi connectivity index (χ0n) is 14.6. The number of benzene rings is 2. The molecule has 0 atom stereocenters. The molecular formula is C21H14N4OS2. The number of para-hydroxylation sites is 1. The Kier molecular flexibility index (Phi) is 5.33. The van der Waals surface area contributed by atoms with E-state index in [1.54, 1.807) is 35.6 Å². The number of hydrogen-bond donors (Lipinski definition) is 1. The van der Waals surface area contributed by atoms with Crippen molar-refractivity contribution in [1.82, 2.24) is 9.97 Å². The molecule has 0 saturated heterocycles. The number of amides is 1. The normalized spacial score (nSPS) is 10.5. The van der Waals surface area contributed by atoms with Gasteiger partial charge in [-0.25, -0.2) is 9.97 Å². The van der Waals surface area contributed by atoms with E-state index < -0.39 is 0 Å². The third-order valence-electron chi connectivity index (χ3n) is 3.95. The Labute approximate surface area is 170 Å². The SMILES string of the molecule is N#Cc1ccc(NC(=O)CSc2nc(-c3cccs3)nc3ccccc23)cc1. The number of fused-ring (bicyclic) bond motifs is 1. The van der Waals surface area contributed by atoms with E-state index in [9.17, 15) is 4.79 Å². The number of aromatic nitrogens is 2. The highest BCUT2D eigenvalue weighted by Gasteiger charge is 2.12. The molecule has 0 fully saturated rings. The molecule has 5 nitrogen and oxygen atoms in total. The van der Waals surface area contributed by atoms with Crippen molar-refractivity contribution in [1.29, 1.82) is 5.26 Å². The highest BCUT2D eigenvalue weighted by Crippen LogP contribution is 2.30. The van der Waals surface area contributed by atoms with Crippen molar-refractivity contribution >= 4 is 45.6 Å². The molecule has 4 rings (SSSR count). The molecule has 0 aliphatic heterocycles. The zero-order valence-corrected chi connectivity index (χ0v) is 16.3. The van der Waals surface area contributed by atoms with Crippen molar-refractivity contribution in [2.45, 2.75) is 5.03 Å². The van der Waals surface area contributed by atoms with Crippen LogP contribution in [0.1, 0.15) is 5.56 Å². The van der Waals surface area contributed by atoms with Gasteiger partial charge >= 0.3 is 0 Å². The Balaban J connectivity index is 1.53. The number of nitriles is 1. The lowest BCUT2D eigenvalue weighted by atomic mass is 10.2. The van der Waals surface area contributed by atoms with E-state index in [2.05, 4.69) is 16.4 Å². The smallest absolute Gasteiger partial charge is 0.234 e. The Hall–Kier alpha value is -3.21. The van der Waals surface area contributed by atoms with E-state index in [0.29, 0.717) is 17.1 Å². The molecular weight excluding hydrogens is 388 g/mol. The Morgan fingerprint density at radius 2 is 1.89 bits per heavy atom. The van der Waals surface area contributed by atoms with E-state index in [1.165, 1.54) is 11.8 Å². The predicted octanol–water partition coefficient (Wildman–Crippen LogP) is 4.96. The molecule has 0 spiro atoms. The summed E-state index contributed by atoms with van der Waals surface area (Å²) in [6, 6.07) is 20.6. The molecule has 136 valence electrons. The largest absolute Gasteiger partial charge is 0.325 e. The van der Waals surface area contributed by atoms with Crippen molar-refractivity contribution in [3.63, 3.8) is 0 Å². The van der Waals surface area contributed by atoms with Gasteiger partial charge in [0.1, 0.15) is 5.03 Å². The number of thiophene rings is 1. The van der Waals surface area contributed by atoms with Gasteiger partial charge in [0.25, 0.3) is 0 Å². The molecule has 0 radical (unpaired) electrons. The molecule has 2 aromatic carbocycles. The highest BCUT2D eigenvalue weighted by molar-refractivity contribution is 8.00. The zero-order chi connectivity index (χ0) is 19.3. The van der Waals surface area contributed by atoms with Crippen LogP contribution in [0.25, 0.3) is 21.6 Å².